The van der Waals surface area contributed by atoms with E-state index >= 15 is 0 Å². The SMILES string of the molecule is O=C(O)[C@@H](NCc1ccccc1)C1[C@H]2COC[C@@H]12. The van der Waals surface area contributed by atoms with Gasteiger partial charge in [-0.05, 0) is 23.3 Å². The van der Waals surface area contributed by atoms with Crippen LogP contribution in [0.15, 0.2) is 30.3 Å². The predicted octanol–water partition coefficient (Wildman–Crippen LogP) is 1.12. The number of carboxylic acid groups (broad SMARTS) is 1. The van der Waals surface area contributed by atoms with Crippen LogP contribution in [0.25, 0.3) is 0 Å². The Bertz CT molecular complexity index is 424. The molecule has 2 N–H and O–H groups in total. The summed E-state index contributed by atoms with van der Waals surface area (Å²) in [5.41, 5.74) is 1.12. The minimum absolute atomic E-state index is 0.250. The molecule has 96 valence electrons. The van der Waals surface area contributed by atoms with Crippen LogP contribution in [0.2, 0.25) is 0 Å². The maximum absolute atomic E-state index is 11.3. The first-order valence-electron chi connectivity index (χ1n) is 6.35. The van der Waals surface area contributed by atoms with Gasteiger partial charge in [0.25, 0.3) is 0 Å². The molecule has 0 aromatic heterocycles. The second kappa shape index (κ2) is 4.71. The lowest BCUT2D eigenvalue weighted by Gasteiger charge is -2.16. The first-order chi connectivity index (χ1) is 8.77. The molecule has 2 fully saturated rings. The number of rotatable bonds is 5. The number of carbonyl (C=O) groups is 1. The highest BCUT2D eigenvalue weighted by molar-refractivity contribution is 5.74. The number of hydrogen-bond acceptors (Lipinski definition) is 3. The zero-order valence-corrected chi connectivity index (χ0v) is 10.1. The number of fused-ring (bicyclic) bond motifs is 1. The summed E-state index contributed by atoms with van der Waals surface area (Å²) in [5, 5.41) is 12.5. The first kappa shape index (κ1) is 11.7. The van der Waals surface area contributed by atoms with Gasteiger partial charge in [-0.25, -0.2) is 0 Å². The molecule has 1 aromatic rings. The van der Waals surface area contributed by atoms with Crippen LogP contribution in [0, 0.1) is 17.8 Å². The van der Waals surface area contributed by atoms with Crippen LogP contribution in [0.3, 0.4) is 0 Å². The molecule has 3 rings (SSSR count). The van der Waals surface area contributed by atoms with Crippen LogP contribution in [0.5, 0.6) is 0 Å². The average Bonchev–Trinajstić information content (AvgIpc) is 2.85. The van der Waals surface area contributed by atoms with Gasteiger partial charge in [0.15, 0.2) is 0 Å². The molecule has 1 aliphatic heterocycles. The largest absolute Gasteiger partial charge is 0.480 e. The number of hydrogen-bond donors (Lipinski definition) is 2. The second-order valence-electron chi connectivity index (χ2n) is 5.12. The highest BCUT2D eigenvalue weighted by atomic mass is 16.5. The average molecular weight is 247 g/mol. The summed E-state index contributed by atoms with van der Waals surface area (Å²) in [7, 11) is 0. The number of carboxylic acids is 1. The van der Waals surface area contributed by atoms with Gasteiger partial charge < -0.3 is 15.2 Å². The van der Waals surface area contributed by atoms with Gasteiger partial charge in [-0.1, -0.05) is 30.3 Å². The smallest absolute Gasteiger partial charge is 0.321 e. The molecule has 4 heteroatoms. The second-order valence-corrected chi connectivity index (χ2v) is 5.12. The van der Waals surface area contributed by atoms with Gasteiger partial charge in [-0.2, -0.15) is 0 Å². The molecule has 1 heterocycles. The Labute approximate surface area is 106 Å². The van der Waals surface area contributed by atoms with Gasteiger partial charge in [0.1, 0.15) is 6.04 Å². The molecular weight excluding hydrogens is 230 g/mol. The summed E-state index contributed by atoms with van der Waals surface area (Å²) in [6.45, 7) is 2.06. The molecule has 1 unspecified atom stereocenters. The fourth-order valence-corrected chi connectivity index (χ4v) is 2.99. The van der Waals surface area contributed by atoms with E-state index in [1.54, 1.807) is 0 Å². The van der Waals surface area contributed by atoms with Crippen molar-refractivity contribution in [3.05, 3.63) is 35.9 Å². The zero-order chi connectivity index (χ0) is 12.5. The molecule has 18 heavy (non-hydrogen) atoms. The zero-order valence-electron chi connectivity index (χ0n) is 10.1. The minimum Gasteiger partial charge on any atom is -0.480 e. The van der Waals surface area contributed by atoms with Crippen molar-refractivity contribution >= 4 is 5.97 Å². The van der Waals surface area contributed by atoms with Gasteiger partial charge in [0, 0.05) is 6.54 Å². The fraction of sp³-hybridized carbons (Fsp3) is 0.500. The Balaban J connectivity index is 1.60. The van der Waals surface area contributed by atoms with Crippen molar-refractivity contribution in [3.63, 3.8) is 0 Å². The van der Waals surface area contributed by atoms with E-state index in [4.69, 9.17) is 4.74 Å². The highest BCUT2D eigenvalue weighted by Gasteiger charge is 2.58. The molecule has 2 aliphatic rings. The lowest BCUT2D eigenvalue weighted by Crippen LogP contribution is -2.40. The lowest BCUT2D eigenvalue weighted by molar-refractivity contribution is -0.140. The molecule has 0 radical (unpaired) electrons. The molecular formula is C14H17NO3. The van der Waals surface area contributed by atoms with Crippen molar-refractivity contribution in [3.8, 4) is 0 Å². The highest BCUT2D eigenvalue weighted by Crippen LogP contribution is 2.52. The van der Waals surface area contributed by atoms with E-state index < -0.39 is 12.0 Å². The van der Waals surface area contributed by atoms with Crippen molar-refractivity contribution in [2.24, 2.45) is 17.8 Å². The van der Waals surface area contributed by atoms with Crippen LogP contribution >= 0.6 is 0 Å². The lowest BCUT2D eigenvalue weighted by atomic mass is 10.1. The van der Waals surface area contributed by atoms with Gasteiger partial charge in [-0.3, -0.25) is 4.79 Å². The van der Waals surface area contributed by atoms with E-state index in [2.05, 4.69) is 5.32 Å². The Kier molecular flexibility index (Phi) is 3.06. The van der Waals surface area contributed by atoms with Crippen molar-refractivity contribution in [1.29, 1.82) is 0 Å². The fourth-order valence-electron chi connectivity index (χ4n) is 2.99. The van der Waals surface area contributed by atoms with Crippen LogP contribution in [-0.4, -0.2) is 30.3 Å². The van der Waals surface area contributed by atoms with Gasteiger partial charge in [-0.15, -0.1) is 0 Å². The van der Waals surface area contributed by atoms with E-state index in [9.17, 15) is 9.90 Å². The monoisotopic (exact) mass is 247 g/mol. The number of ether oxygens (including phenoxy) is 1. The minimum atomic E-state index is -0.745. The molecule has 1 aliphatic carbocycles. The van der Waals surface area contributed by atoms with Crippen molar-refractivity contribution in [2.75, 3.05) is 13.2 Å². The molecule has 1 saturated carbocycles. The van der Waals surface area contributed by atoms with E-state index in [0.29, 0.717) is 18.4 Å². The van der Waals surface area contributed by atoms with E-state index in [1.807, 2.05) is 30.3 Å². The quantitative estimate of drug-likeness (QED) is 0.818. The third-order valence-electron chi connectivity index (χ3n) is 4.04. The molecule has 4 atom stereocenters. The van der Waals surface area contributed by atoms with E-state index in [1.165, 1.54) is 0 Å². The maximum Gasteiger partial charge on any atom is 0.321 e. The molecule has 1 aromatic carbocycles. The molecule has 0 amide bonds. The molecule has 1 saturated heterocycles. The van der Waals surface area contributed by atoms with E-state index in [-0.39, 0.29) is 5.92 Å². The number of nitrogens with one attached hydrogen (secondary N) is 1. The Morgan fingerprint density at radius 3 is 2.61 bits per heavy atom. The van der Waals surface area contributed by atoms with Crippen molar-refractivity contribution in [1.82, 2.24) is 5.32 Å². The molecule has 4 nitrogen and oxygen atoms in total. The van der Waals surface area contributed by atoms with E-state index in [0.717, 1.165) is 18.8 Å². The third kappa shape index (κ3) is 2.13. The summed E-state index contributed by atoms with van der Waals surface area (Å²) < 4.78 is 5.31. The molecule has 0 spiro atoms. The van der Waals surface area contributed by atoms with Crippen molar-refractivity contribution in [2.45, 2.75) is 12.6 Å². The van der Waals surface area contributed by atoms with Gasteiger partial charge >= 0.3 is 5.97 Å². The standard InChI is InChI=1S/C14H17NO3/c16-14(17)13(12-10-7-18-8-11(10)12)15-6-9-4-2-1-3-5-9/h1-5,10-13,15H,6-8H2,(H,16,17)/t10-,11+,12?,13-/m0/s1. The first-order valence-corrected chi connectivity index (χ1v) is 6.35. The molecule has 0 bridgehead atoms. The van der Waals surface area contributed by atoms with Gasteiger partial charge in [0.2, 0.25) is 0 Å². The van der Waals surface area contributed by atoms with Crippen LogP contribution < -0.4 is 5.32 Å². The Morgan fingerprint density at radius 2 is 2.00 bits per heavy atom. The summed E-state index contributed by atoms with van der Waals surface area (Å²) in [6.07, 6.45) is 0. The summed E-state index contributed by atoms with van der Waals surface area (Å²) >= 11 is 0. The van der Waals surface area contributed by atoms with Crippen LogP contribution in [0.4, 0.5) is 0 Å². The van der Waals surface area contributed by atoms with Crippen molar-refractivity contribution < 1.29 is 14.6 Å². The third-order valence-corrected chi connectivity index (χ3v) is 4.04. The normalized spacial score (nSPS) is 30.8. The van der Waals surface area contributed by atoms with Gasteiger partial charge in [0.05, 0.1) is 13.2 Å². The Morgan fingerprint density at radius 1 is 1.33 bits per heavy atom. The number of aliphatic carboxylic acids is 1. The predicted molar refractivity (Wildman–Crippen MR) is 66.0 cm³/mol. The van der Waals surface area contributed by atoms with Crippen LogP contribution in [0.1, 0.15) is 5.56 Å². The van der Waals surface area contributed by atoms with Crippen LogP contribution in [-0.2, 0) is 16.1 Å². The summed E-state index contributed by atoms with van der Waals surface area (Å²) in [6, 6.07) is 9.45. The Hall–Kier alpha value is -1.39. The number of benzene rings is 1. The summed E-state index contributed by atoms with van der Waals surface area (Å²) in [5.74, 6) is 0.411. The topological polar surface area (TPSA) is 58.6 Å². The summed E-state index contributed by atoms with van der Waals surface area (Å²) in [4.78, 5) is 11.3. The maximum atomic E-state index is 11.3.